The van der Waals surface area contributed by atoms with Gasteiger partial charge in [0.25, 0.3) is 0 Å². The van der Waals surface area contributed by atoms with Crippen LogP contribution in [0.3, 0.4) is 0 Å². The Morgan fingerprint density at radius 1 is 1.31 bits per heavy atom. The lowest BCUT2D eigenvalue weighted by atomic mass is 9.89. The Morgan fingerprint density at radius 3 is 2.31 bits per heavy atom. The molecule has 0 saturated carbocycles. The summed E-state index contributed by atoms with van der Waals surface area (Å²) in [7, 11) is 0. The van der Waals surface area contributed by atoms with E-state index in [-0.39, 0.29) is 11.5 Å². The van der Waals surface area contributed by atoms with E-state index in [1.54, 1.807) is 0 Å². The molecule has 1 rings (SSSR count). The minimum Gasteiger partial charge on any atom is -0.391 e. The highest BCUT2D eigenvalue weighted by Gasteiger charge is 2.24. The first-order valence-corrected chi connectivity index (χ1v) is 4.98. The molecule has 1 saturated heterocycles. The number of aliphatic hydroxyl groups excluding tert-OH is 1. The summed E-state index contributed by atoms with van der Waals surface area (Å²) in [4.78, 5) is 2.26. The summed E-state index contributed by atoms with van der Waals surface area (Å²) in [6.45, 7) is 10.5. The fourth-order valence-electron chi connectivity index (χ4n) is 1.30. The predicted molar refractivity (Wildman–Crippen MR) is 52.7 cm³/mol. The van der Waals surface area contributed by atoms with Crippen molar-refractivity contribution in [1.82, 2.24) is 4.90 Å². The van der Waals surface area contributed by atoms with E-state index in [2.05, 4.69) is 25.7 Å². The standard InChI is InChI=1S/C10H21NO2/c1-10(2,3)9(12)8-11-4-6-13-7-5-11/h9,12H,4-8H2,1-3H3/t9-/m0/s1. The van der Waals surface area contributed by atoms with Gasteiger partial charge in [-0.15, -0.1) is 0 Å². The van der Waals surface area contributed by atoms with Crippen LogP contribution in [0.15, 0.2) is 0 Å². The summed E-state index contributed by atoms with van der Waals surface area (Å²) in [5.41, 5.74) is -0.0156. The number of nitrogens with zero attached hydrogens (tertiary/aromatic N) is 1. The molecule has 1 N–H and O–H groups in total. The van der Waals surface area contributed by atoms with E-state index in [1.807, 2.05) is 0 Å². The van der Waals surface area contributed by atoms with Crippen molar-refractivity contribution >= 4 is 0 Å². The molecule has 3 heteroatoms. The topological polar surface area (TPSA) is 32.7 Å². The Hall–Kier alpha value is -0.120. The maximum Gasteiger partial charge on any atom is 0.0715 e. The summed E-state index contributed by atoms with van der Waals surface area (Å²) >= 11 is 0. The first-order chi connectivity index (χ1) is 6.00. The molecule has 0 radical (unpaired) electrons. The van der Waals surface area contributed by atoms with Crippen molar-refractivity contribution in [1.29, 1.82) is 0 Å². The quantitative estimate of drug-likeness (QED) is 0.691. The van der Waals surface area contributed by atoms with Crippen LogP contribution >= 0.6 is 0 Å². The molecule has 13 heavy (non-hydrogen) atoms. The lowest BCUT2D eigenvalue weighted by Gasteiger charge is -2.33. The first-order valence-electron chi connectivity index (χ1n) is 4.98. The smallest absolute Gasteiger partial charge is 0.0715 e. The van der Waals surface area contributed by atoms with E-state index in [4.69, 9.17) is 4.74 Å². The SMILES string of the molecule is CC(C)(C)[C@@H](O)CN1CCOCC1. The number of β-amino-alcohol motifs (C(OH)–C–C–N with tert-alkyl or cyclic N) is 1. The van der Waals surface area contributed by atoms with Gasteiger partial charge in [-0.3, -0.25) is 4.90 Å². The molecule has 0 aromatic rings. The van der Waals surface area contributed by atoms with E-state index in [0.29, 0.717) is 0 Å². The van der Waals surface area contributed by atoms with E-state index in [9.17, 15) is 5.11 Å². The van der Waals surface area contributed by atoms with Gasteiger partial charge in [-0.1, -0.05) is 20.8 Å². The third kappa shape index (κ3) is 3.63. The average molecular weight is 187 g/mol. The van der Waals surface area contributed by atoms with Gasteiger partial charge in [-0.05, 0) is 5.41 Å². The second kappa shape index (κ2) is 4.40. The molecule has 0 amide bonds. The van der Waals surface area contributed by atoms with Gasteiger partial charge >= 0.3 is 0 Å². The van der Waals surface area contributed by atoms with Crippen LogP contribution in [0.5, 0.6) is 0 Å². The number of hydrogen-bond acceptors (Lipinski definition) is 3. The zero-order valence-corrected chi connectivity index (χ0v) is 8.92. The van der Waals surface area contributed by atoms with Crippen LogP contribution in [0.1, 0.15) is 20.8 Å². The molecule has 0 aliphatic carbocycles. The fourth-order valence-corrected chi connectivity index (χ4v) is 1.30. The minimum absolute atomic E-state index is 0.0156. The average Bonchev–Trinajstić information content (AvgIpc) is 2.04. The second-order valence-electron chi connectivity index (χ2n) is 4.79. The molecule has 0 unspecified atom stereocenters. The lowest BCUT2D eigenvalue weighted by molar-refractivity contribution is -0.0143. The Kier molecular flexibility index (Phi) is 3.71. The number of morpholine rings is 1. The van der Waals surface area contributed by atoms with Gasteiger partial charge in [0, 0.05) is 19.6 Å². The Morgan fingerprint density at radius 2 is 1.85 bits per heavy atom. The molecule has 1 heterocycles. The van der Waals surface area contributed by atoms with Crippen molar-refractivity contribution in [2.24, 2.45) is 5.41 Å². The molecule has 0 bridgehead atoms. The molecular formula is C10H21NO2. The Balaban J connectivity index is 2.30. The third-order valence-corrected chi connectivity index (χ3v) is 2.53. The number of hydrogen-bond donors (Lipinski definition) is 1. The van der Waals surface area contributed by atoms with Crippen molar-refractivity contribution < 1.29 is 9.84 Å². The number of ether oxygens (including phenoxy) is 1. The van der Waals surface area contributed by atoms with Crippen LogP contribution in [-0.4, -0.2) is 49.0 Å². The Bertz CT molecular complexity index is 147. The molecular weight excluding hydrogens is 166 g/mol. The van der Waals surface area contributed by atoms with Crippen LogP contribution in [0.25, 0.3) is 0 Å². The van der Waals surface area contributed by atoms with Gasteiger partial charge < -0.3 is 9.84 Å². The van der Waals surface area contributed by atoms with Gasteiger partial charge in [0.2, 0.25) is 0 Å². The van der Waals surface area contributed by atoms with E-state index in [0.717, 1.165) is 32.8 Å². The van der Waals surface area contributed by atoms with Crippen molar-refractivity contribution in [3.05, 3.63) is 0 Å². The second-order valence-corrected chi connectivity index (χ2v) is 4.79. The minimum atomic E-state index is -0.245. The van der Waals surface area contributed by atoms with Crippen LogP contribution in [0.2, 0.25) is 0 Å². The maximum atomic E-state index is 9.86. The van der Waals surface area contributed by atoms with E-state index >= 15 is 0 Å². The largest absolute Gasteiger partial charge is 0.391 e. The van der Waals surface area contributed by atoms with Crippen molar-refractivity contribution in [3.8, 4) is 0 Å². The van der Waals surface area contributed by atoms with Crippen molar-refractivity contribution in [2.45, 2.75) is 26.9 Å². The van der Waals surface area contributed by atoms with E-state index in [1.165, 1.54) is 0 Å². The van der Waals surface area contributed by atoms with Crippen molar-refractivity contribution in [3.63, 3.8) is 0 Å². The molecule has 1 aliphatic rings. The highest BCUT2D eigenvalue weighted by atomic mass is 16.5. The van der Waals surface area contributed by atoms with Gasteiger partial charge in [0.05, 0.1) is 19.3 Å². The number of aliphatic hydroxyl groups is 1. The van der Waals surface area contributed by atoms with Gasteiger partial charge in [0.15, 0.2) is 0 Å². The molecule has 1 fully saturated rings. The van der Waals surface area contributed by atoms with Crippen molar-refractivity contribution in [2.75, 3.05) is 32.8 Å². The fraction of sp³-hybridized carbons (Fsp3) is 1.00. The molecule has 78 valence electrons. The maximum absolute atomic E-state index is 9.86. The Labute approximate surface area is 80.7 Å². The molecule has 0 aromatic heterocycles. The summed E-state index contributed by atoms with van der Waals surface area (Å²) in [6.07, 6.45) is -0.245. The van der Waals surface area contributed by atoms with Gasteiger partial charge in [-0.2, -0.15) is 0 Å². The number of rotatable bonds is 2. The zero-order valence-electron chi connectivity index (χ0n) is 8.92. The van der Waals surface area contributed by atoms with Crippen LogP contribution in [-0.2, 0) is 4.74 Å². The van der Waals surface area contributed by atoms with E-state index < -0.39 is 0 Å². The molecule has 3 nitrogen and oxygen atoms in total. The zero-order chi connectivity index (χ0) is 9.90. The van der Waals surface area contributed by atoms with Gasteiger partial charge in [-0.25, -0.2) is 0 Å². The highest BCUT2D eigenvalue weighted by Crippen LogP contribution is 2.19. The summed E-state index contributed by atoms with van der Waals surface area (Å²) in [6, 6.07) is 0. The normalized spacial score (nSPS) is 23.1. The molecule has 1 aliphatic heterocycles. The molecule has 0 aromatic carbocycles. The summed E-state index contributed by atoms with van der Waals surface area (Å²) < 4.78 is 5.24. The molecule has 0 spiro atoms. The van der Waals surface area contributed by atoms with Crippen LogP contribution < -0.4 is 0 Å². The highest BCUT2D eigenvalue weighted by molar-refractivity contribution is 4.77. The summed E-state index contributed by atoms with van der Waals surface area (Å²) in [5, 5.41) is 9.86. The van der Waals surface area contributed by atoms with Crippen LogP contribution in [0.4, 0.5) is 0 Å². The molecule has 1 atom stereocenters. The monoisotopic (exact) mass is 187 g/mol. The van der Waals surface area contributed by atoms with Crippen LogP contribution in [0, 0.1) is 5.41 Å². The predicted octanol–water partition coefficient (Wildman–Crippen LogP) is 0.726. The first kappa shape index (κ1) is 11.0. The van der Waals surface area contributed by atoms with Gasteiger partial charge in [0.1, 0.15) is 0 Å². The summed E-state index contributed by atoms with van der Waals surface area (Å²) in [5.74, 6) is 0. The third-order valence-electron chi connectivity index (χ3n) is 2.53. The lowest BCUT2D eigenvalue weighted by Crippen LogP contribution is -2.44.